The van der Waals surface area contributed by atoms with Crippen LogP contribution in [0, 0.1) is 0 Å². The summed E-state index contributed by atoms with van der Waals surface area (Å²) in [5.74, 6) is 2.09. The maximum Gasteiger partial charge on any atom is 0.182 e. The zero-order chi connectivity index (χ0) is 18.8. The molecule has 4 bridgehead atoms. The quantitative estimate of drug-likeness (QED) is 0.505. The Balaban J connectivity index is 0.000000163. The summed E-state index contributed by atoms with van der Waals surface area (Å²) >= 11 is 0. The Morgan fingerprint density at radius 1 is 1.00 bits per heavy atom. The van der Waals surface area contributed by atoms with Crippen LogP contribution in [0.25, 0.3) is 28.0 Å². The van der Waals surface area contributed by atoms with Gasteiger partial charge in [0, 0.05) is 25.0 Å². The number of ether oxygens (including phenoxy) is 2. The molecule has 1 aromatic heterocycles. The van der Waals surface area contributed by atoms with Crippen molar-refractivity contribution >= 4 is 16.9 Å². The predicted octanol–water partition coefficient (Wildman–Crippen LogP) is 3.63. The van der Waals surface area contributed by atoms with Gasteiger partial charge in [0.15, 0.2) is 22.9 Å². The first kappa shape index (κ1) is 16.8. The Kier molecular flexibility index (Phi) is 4.29. The van der Waals surface area contributed by atoms with Crippen LogP contribution < -0.4 is 14.8 Å². The molecule has 8 nitrogen and oxygen atoms in total. The minimum absolute atomic E-state index is 0.669. The van der Waals surface area contributed by atoms with Gasteiger partial charge >= 0.3 is 0 Å². The van der Waals surface area contributed by atoms with Gasteiger partial charge in [-0.1, -0.05) is 0 Å². The van der Waals surface area contributed by atoms with Crippen molar-refractivity contribution in [2.45, 2.75) is 0 Å². The average molecular weight is 365 g/mol. The van der Waals surface area contributed by atoms with Crippen molar-refractivity contribution < 1.29 is 14.0 Å². The van der Waals surface area contributed by atoms with E-state index < -0.39 is 0 Å². The van der Waals surface area contributed by atoms with Gasteiger partial charge in [0.2, 0.25) is 0 Å². The van der Waals surface area contributed by atoms with Crippen molar-refractivity contribution in [1.29, 1.82) is 0 Å². The number of aromatic nitrogens is 4. The lowest BCUT2D eigenvalue weighted by molar-refractivity contribution is 0.355. The second-order valence-electron chi connectivity index (χ2n) is 5.75. The Hall–Kier alpha value is -3.68. The molecule has 0 amide bonds. The summed E-state index contributed by atoms with van der Waals surface area (Å²) in [4.78, 5) is 8.56. The normalized spacial score (nSPS) is 10.8. The van der Waals surface area contributed by atoms with E-state index in [4.69, 9.17) is 14.0 Å². The van der Waals surface area contributed by atoms with E-state index in [2.05, 4.69) is 26.6 Å². The van der Waals surface area contributed by atoms with Crippen LogP contribution in [0.3, 0.4) is 0 Å². The van der Waals surface area contributed by atoms with E-state index >= 15 is 0 Å². The molecule has 4 heterocycles. The molecule has 2 N–H and O–H groups in total. The highest BCUT2D eigenvalue weighted by molar-refractivity contribution is 5.78. The average Bonchev–Trinajstić information content (AvgIpc) is 2.95. The molecule has 0 fully saturated rings. The zero-order valence-electron chi connectivity index (χ0n) is 15.2. The van der Waals surface area contributed by atoms with E-state index in [-0.39, 0.29) is 0 Å². The maximum absolute atomic E-state index is 5.28. The van der Waals surface area contributed by atoms with Gasteiger partial charge in [-0.3, -0.25) is 4.98 Å². The molecule has 8 heteroatoms. The number of pyridine rings is 1. The fraction of sp³-hybridized carbons (Fsp3) is 0.158. The predicted molar refractivity (Wildman–Crippen MR) is 102 cm³/mol. The van der Waals surface area contributed by atoms with Crippen LogP contribution in [0.5, 0.6) is 11.5 Å². The molecule has 3 aliphatic heterocycles. The summed E-state index contributed by atoms with van der Waals surface area (Å²) in [7, 11) is 5.03. The number of fused-ring (bicyclic) bond motifs is 1. The first-order chi connectivity index (χ1) is 13.2. The van der Waals surface area contributed by atoms with Crippen LogP contribution in [-0.2, 0) is 0 Å². The molecular formula is C19H19N5O3. The molecule has 138 valence electrons. The van der Waals surface area contributed by atoms with Crippen molar-refractivity contribution in [3.63, 3.8) is 0 Å². The minimum Gasteiger partial charge on any atom is -0.493 e. The number of rotatable bonds is 4. The van der Waals surface area contributed by atoms with E-state index in [1.165, 1.54) is 5.52 Å². The fourth-order valence-electron chi connectivity index (χ4n) is 2.89. The highest BCUT2D eigenvalue weighted by atomic mass is 16.5. The van der Waals surface area contributed by atoms with E-state index in [1.54, 1.807) is 26.6 Å². The summed E-state index contributed by atoms with van der Waals surface area (Å²) in [5, 5.41) is 5.76. The molecule has 0 aliphatic carbocycles. The number of hydrogen-bond acceptors (Lipinski definition) is 6. The van der Waals surface area contributed by atoms with Crippen LogP contribution in [0.2, 0.25) is 0 Å². The Bertz CT molecular complexity index is 1100. The van der Waals surface area contributed by atoms with Gasteiger partial charge in [0.1, 0.15) is 11.4 Å². The molecule has 3 aromatic rings. The summed E-state index contributed by atoms with van der Waals surface area (Å²) in [6.07, 6.45) is 3.31. The first-order valence-electron chi connectivity index (χ1n) is 8.33. The second-order valence-corrected chi connectivity index (χ2v) is 5.75. The lowest BCUT2D eigenvalue weighted by Gasteiger charge is -2.11. The number of hydrogen-bond donors (Lipinski definition) is 2. The lowest BCUT2D eigenvalue weighted by Crippen LogP contribution is -2.02. The third-order valence-corrected chi connectivity index (χ3v) is 4.28. The number of aromatic amines is 1. The van der Waals surface area contributed by atoms with Gasteiger partial charge in [-0.25, -0.2) is 9.67 Å². The van der Waals surface area contributed by atoms with E-state index in [0.29, 0.717) is 11.5 Å². The molecule has 6 rings (SSSR count). The van der Waals surface area contributed by atoms with Crippen molar-refractivity contribution in [2.24, 2.45) is 0 Å². The van der Waals surface area contributed by atoms with Gasteiger partial charge in [-0.15, -0.1) is 0 Å². The van der Waals surface area contributed by atoms with E-state index in [0.717, 1.165) is 28.3 Å². The molecule has 2 aromatic carbocycles. The Morgan fingerprint density at radius 2 is 1.81 bits per heavy atom. The highest BCUT2D eigenvalue weighted by Crippen LogP contribution is 2.33. The number of anilines is 1. The SMILES string of the molecule is CNc1nccnc1-c1ccc(OC)c(OC)c1.c1cc2cc3c1o[nH]n2-3. The number of methoxy groups -OCH3 is 2. The van der Waals surface area contributed by atoms with Crippen molar-refractivity contribution in [2.75, 3.05) is 26.6 Å². The smallest absolute Gasteiger partial charge is 0.182 e. The monoisotopic (exact) mass is 365 g/mol. The maximum atomic E-state index is 5.28. The first-order valence-corrected chi connectivity index (χ1v) is 8.33. The van der Waals surface area contributed by atoms with Crippen LogP contribution in [-0.4, -0.2) is 41.2 Å². The number of benzene rings is 2. The highest BCUT2D eigenvalue weighted by Gasteiger charge is 2.15. The third kappa shape index (κ3) is 2.91. The Labute approximate surface area is 155 Å². The van der Waals surface area contributed by atoms with E-state index in [1.807, 2.05) is 42.1 Å². The molecule has 27 heavy (non-hydrogen) atoms. The minimum atomic E-state index is 0.669. The van der Waals surface area contributed by atoms with Crippen LogP contribution in [0.4, 0.5) is 5.82 Å². The second kappa shape index (κ2) is 6.91. The van der Waals surface area contributed by atoms with E-state index in [9.17, 15) is 0 Å². The lowest BCUT2D eigenvalue weighted by atomic mass is 10.1. The summed E-state index contributed by atoms with van der Waals surface area (Å²) in [5.41, 5.74) is 4.94. The van der Waals surface area contributed by atoms with Crippen LogP contribution in [0.1, 0.15) is 0 Å². The van der Waals surface area contributed by atoms with Crippen LogP contribution >= 0.6 is 0 Å². The topological polar surface area (TPSA) is 90.1 Å². The van der Waals surface area contributed by atoms with Gasteiger partial charge < -0.3 is 19.3 Å². The van der Waals surface area contributed by atoms with Crippen molar-refractivity contribution in [1.82, 2.24) is 19.9 Å². The van der Waals surface area contributed by atoms with Crippen LogP contribution in [0.15, 0.2) is 53.3 Å². The summed E-state index contributed by atoms with van der Waals surface area (Å²) < 4.78 is 17.4. The Morgan fingerprint density at radius 3 is 2.48 bits per heavy atom. The molecule has 0 saturated carbocycles. The number of nitrogens with zero attached hydrogens (tertiary/aromatic N) is 3. The zero-order valence-corrected chi connectivity index (χ0v) is 15.2. The summed E-state index contributed by atoms with van der Waals surface area (Å²) in [6, 6.07) is 11.7. The van der Waals surface area contributed by atoms with Gasteiger partial charge in [0.05, 0.1) is 19.7 Å². The number of nitrogens with one attached hydrogen (secondary N) is 2. The summed E-state index contributed by atoms with van der Waals surface area (Å²) in [6.45, 7) is 0. The molecular weight excluding hydrogens is 346 g/mol. The van der Waals surface area contributed by atoms with Gasteiger partial charge in [-0.2, -0.15) is 5.27 Å². The molecule has 0 unspecified atom stereocenters. The molecule has 0 radical (unpaired) electrons. The van der Waals surface area contributed by atoms with Crippen molar-refractivity contribution in [3.8, 4) is 28.4 Å². The molecule has 3 aliphatic rings. The standard InChI is InChI=1S/C13H15N3O2.C6H4N2O/c1-14-13-12(15-6-7-16-13)9-4-5-10(17-2)11(8-9)18-3;1-2-6-5-3-4(1)8(5)7-9-6/h4-8H,1-3H3,(H,14,16);1-3,7H. The van der Waals surface area contributed by atoms with Gasteiger partial charge in [-0.05, 0) is 36.4 Å². The third-order valence-electron chi connectivity index (χ3n) is 4.28. The molecule has 0 spiro atoms. The largest absolute Gasteiger partial charge is 0.493 e. The number of H-pyrrole nitrogens is 1. The molecule has 0 atom stereocenters. The van der Waals surface area contributed by atoms with Gasteiger partial charge in [0.25, 0.3) is 0 Å². The molecule has 0 saturated heterocycles. The van der Waals surface area contributed by atoms with Crippen molar-refractivity contribution in [3.05, 3.63) is 48.8 Å². The fourth-order valence-corrected chi connectivity index (χ4v) is 2.89.